The van der Waals surface area contributed by atoms with Crippen molar-refractivity contribution in [2.24, 2.45) is 0 Å². The molecule has 0 aromatic heterocycles. The van der Waals surface area contributed by atoms with E-state index in [2.05, 4.69) is 26.6 Å². The van der Waals surface area contributed by atoms with E-state index in [4.69, 9.17) is 0 Å². The Kier molecular flexibility index (Phi) is 22.2. The Hall–Kier alpha value is -4.14. The van der Waals surface area contributed by atoms with Crippen LogP contribution in [0.5, 0.6) is 0 Å². The maximum Gasteiger partial charge on any atom is 0.245 e. The van der Waals surface area contributed by atoms with Gasteiger partial charge in [0.05, 0.1) is 5.75 Å². The zero-order valence-electron chi connectivity index (χ0n) is 34.6. The number of unbranched alkanes of at least 4 members (excludes halogenated alkanes) is 4. The van der Waals surface area contributed by atoms with Gasteiger partial charge in [0.25, 0.3) is 0 Å². The SMILES string of the molecule is CCCC[C@@H]1NC(=O)[C@H](Cc2ccccc2)NC(=O)CSC[C@H](C(=O)NC)NC(=O)[C@H](CCCC)N(C)C(=O)[C@H](CCCC)NC(=O)[C@H](CCCC)N(C)C1=O. The summed E-state index contributed by atoms with van der Waals surface area (Å²) in [4.78, 5) is 99.9. The van der Waals surface area contributed by atoms with Crippen LogP contribution in [0, 0.1) is 0 Å². The number of carbonyl (C=O) groups excluding carboxylic acids is 7. The first-order valence-electron chi connectivity index (χ1n) is 20.4. The molecule has 14 nitrogen and oxygen atoms in total. The maximum absolute atomic E-state index is 14.3. The number of rotatable bonds is 15. The van der Waals surface area contributed by atoms with Crippen LogP contribution < -0.4 is 26.6 Å². The van der Waals surface area contributed by atoms with Gasteiger partial charge in [-0.1, -0.05) is 109 Å². The topological polar surface area (TPSA) is 186 Å². The van der Waals surface area contributed by atoms with Crippen LogP contribution in [0.1, 0.15) is 110 Å². The zero-order chi connectivity index (χ0) is 41.6. The number of hydrogen-bond donors (Lipinski definition) is 5. The fourth-order valence-electron chi connectivity index (χ4n) is 6.66. The van der Waals surface area contributed by atoms with Crippen molar-refractivity contribution >= 4 is 53.1 Å². The highest BCUT2D eigenvalue weighted by molar-refractivity contribution is 8.00. The number of nitrogens with one attached hydrogen (secondary N) is 5. The fraction of sp³-hybridized carbons (Fsp3) is 0.683. The van der Waals surface area contributed by atoms with Gasteiger partial charge >= 0.3 is 0 Å². The molecule has 15 heteroatoms. The Balaban J connectivity index is 2.68. The highest BCUT2D eigenvalue weighted by Crippen LogP contribution is 2.17. The molecule has 1 fully saturated rings. The van der Waals surface area contributed by atoms with Gasteiger partial charge in [-0.2, -0.15) is 0 Å². The molecule has 5 N–H and O–H groups in total. The molecule has 0 bridgehead atoms. The van der Waals surface area contributed by atoms with Crippen LogP contribution in [-0.2, 0) is 40.0 Å². The maximum atomic E-state index is 14.3. The third-order valence-electron chi connectivity index (χ3n) is 10.2. The molecular weight excluding hydrogens is 735 g/mol. The Morgan fingerprint density at radius 3 is 1.61 bits per heavy atom. The van der Waals surface area contributed by atoms with Crippen molar-refractivity contribution in [1.82, 2.24) is 36.4 Å². The minimum absolute atomic E-state index is 0.0425. The second-order valence-corrected chi connectivity index (χ2v) is 15.7. The average Bonchev–Trinajstić information content (AvgIpc) is 3.19. The van der Waals surface area contributed by atoms with Crippen molar-refractivity contribution in [3.63, 3.8) is 0 Å². The highest BCUT2D eigenvalue weighted by Gasteiger charge is 2.37. The average molecular weight is 802 g/mol. The third kappa shape index (κ3) is 15.4. The van der Waals surface area contributed by atoms with Gasteiger partial charge in [-0.3, -0.25) is 33.6 Å². The molecule has 1 heterocycles. The van der Waals surface area contributed by atoms with Crippen LogP contribution in [0.15, 0.2) is 30.3 Å². The first-order valence-corrected chi connectivity index (χ1v) is 21.6. The first kappa shape index (κ1) is 48.0. The lowest BCUT2D eigenvalue weighted by atomic mass is 10.0. The molecule has 1 aliphatic heterocycles. The smallest absolute Gasteiger partial charge is 0.245 e. The lowest BCUT2D eigenvalue weighted by molar-refractivity contribution is -0.145. The molecule has 6 atom stereocenters. The monoisotopic (exact) mass is 801 g/mol. The number of likely N-dealkylation sites (N-methyl/N-ethyl adjacent to an activating group) is 3. The van der Waals surface area contributed by atoms with E-state index in [1.807, 2.05) is 58.0 Å². The standard InChI is InChI=1S/C41H67N7O7S/c1-8-12-21-29-40(54)47(6)33(23-14-10-3)38(52)45-30(22-13-9-2)41(55)48(7)34(24-15-11-4)39(53)46-32(36(50)42-5)26-56-27-35(49)43-31(37(51)44-29)25-28-19-17-16-18-20-28/h16-20,29-34H,8-15,21-27H2,1-7H3,(H,42,50)(H,43,49)(H,44,51)(H,45,52)(H,46,53)/t29-,30-,31-,32+,33-,34-/m0/s1. The Morgan fingerprint density at radius 2 is 1.12 bits per heavy atom. The van der Waals surface area contributed by atoms with Gasteiger partial charge in [0.15, 0.2) is 0 Å². The molecule has 1 aliphatic rings. The molecule has 0 radical (unpaired) electrons. The number of hydrogen-bond acceptors (Lipinski definition) is 8. The summed E-state index contributed by atoms with van der Waals surface area (Å²) >= 11 is 1.12. The second kappa shape index (κ2) is 25.9. The number of amides is 7. The minimum atomic E-state index is -1.03. The molecule has 0 saturated carbocycles. The number of benzene rings is 1. The predicted octanol–water partition coefficient (Wildman–Crippen LogP) is 3.08. The first-order chi connectivity index (χ1) is 26.8. The van der Waals surface area contributed by atoms with E-state index in [1.54, 1.807) is 7.05 Å². The molecule has 1 saturated heterocycles. The molecular formula is C41H67N7O7S. The molecule has 1 aromatic carbocycles. The summed E-state index contributed by atoms with van der Waals surface area (Å²) in [5.41, 5.74) is 0.799. The van der Waals surface area contributed by atoms with Gasteiger partial charge < -0.3 is 36.4 Å². The molecule has 0 unspecified atom stereocenters. The van der Waals surface area contributed by atoms with E-state index in [0.717, 1.165) is 43.0 Å². The molecule has 0 spiro atoms. The summed E-state index contributed by atoms with van der Waals surface area (Å²) < 4.78 is 0. The van der Waals surface area contributed by atoms with Crippen molar-refractivity contribution in [1.29, 1.82) is 0 Å². The van der Waals surface area contributed by atoms with E-state index in [9.17, 15) is 33.6 Å². The summed E-state index contributed by atoms with van der Waals surface area (Å²) in [6.45, 7) is 7.92. The number of thioether (sulfide) groups is 1. The normalized spacial score (nSPS) is 24.1. The molecule has 2 rings (SSSR count). The van der Waals surface area contributed by atoms with Gasteiger partial charge in [-0.15, -0.1) is 11.8 Å². The van der Waals surface area contributed by atoms with Gasteiger partial charge in [0.2, 0.25) is 41.4 Å². The van der Waals surface area contributed by atoms with Crippen LogP contribution in [-0.4, -0.2) is 120 Å². The molecule has 1 aromatic rings. The van der Waals surface area contributed by atoms with Crippen LogP contribution in [0.3, 0.4) is 0 Å². The van der Waals surface area contributed by atoms with E-state index in [-0.39, 0.29) is 17.9 Å². The molecule has 7 amide bonds. The Morgan fingerprint density at radius 1 is 0.661 bits per heavy atom. The number of carbonyl (C=O) groups is 7. The lowest BCUT2D eigenvalue weighted by Gasteiger charge is -2.34. The van der Waals surface area contributed by atoms with Crippen LogP contribution in [0.4, 0.5) is 0 Å². The Labute approximate surface area is 338 Å². The van der Waals surface area contributed by atoms with Crippen LogP contribution in [0.25, 0.3) is 0 Å². The van der Waals surface area contributed by atoms with E-state index >= 15 is 0 Å². The van der Waals surface area contributed by atoms with Crippen molar-refractivity contribution in [3.05, 3.63) is 35.9 Å². The molecule has 0 aliphatic carbocycles. The summed E-state index contributed by atoms with van der Waals surface area (Å²) in [7, 11) is 4.54. The predicted molar refractivity (Wildman–Crippen MR) is 220 cm³/mol. The fourth-order valence-corrected chi connectivity index (χ4v) is 7.51. The van der Waals surface area contributed by atoms with Crippen LogP contribution in [0.2, 0.25) is 0 Å². The molecule has 56 heavy (non-hydrogen) atoms. The van der Waals surface area contributed by atoms with Crippen molar-refractivity contribution in [2.45, 2.75) is 147 Å². The van der Waals surface area contributed by atoms with Crippen molar-refractivity contribution in [2.75, 3.05) is 32.6 Å². The largest absolute Gasteiger partial charge is 0.357 e. The zero-order valence-corrected chi connectivity index (χ0v) is 35.4. The quantitative estimate of drug-likeness (QED) is 0.179. The minimum Gasteiger partial charge on any atom is -0.357 e. The van der Waals surface area contributed by atoms with Gasteiger partial charge in [-0.25, -0.2) is 0 Å². The molecule has 314 valence electrons. The highest BCUT2D eigenvalue weighted by atomic mass is 32.2. The summed E-state index contributed by atoms with van der Waals surface area (Å²) in [6, 6.07) is 3.33. The van der Waals surface area contributed by atoms with Gasteiger partial charge in [-0.05, 0) is 31.2 Å². The van der Waals surface area contributed by atoms with E-state index < -0.39 is 77.6 Å². The Bertz CT molecular complexity index is 1430. The summed E-state index contributed by atoms with van der Waals surface area (Å²) in [5, 5.41) is 14.1. The number of nitrogens with zero attached hydrogens (tertiary/aromatic N) is 2. The third-order valence-corrected chi connectivity index (χ3v) is 11.2. The second-order valence-electron chi connectivity index (χ2n) is 14.6. The summed E-state index contributed by atoms with van der Waals surface area (Å²) in [5.74, 6) is -3.46. The van der Waals surface area contributed by atoms with Crippen molar-refractivity contribution in [3.8, 4) is 0 Å². The van der Waals surface area contributed by atoms with Gasteiger partial charge in [0, 0.05) is 33.3 Å². The van der Waals surface area contributed by atoms with Gasteiger partial charge in [0.1, 0.15) is 36.3 Å². The van der Waals surface area contributed by atoms with E-state index in [0.29, 0.717) is 51.4 Å². The lowest BCUT2D eigenvalue weighted by Crippen LogP contribution is -2.60. The van der Waals surface area contributed by atoms with Crippen LogP contribution >= 0.6 is 11.8 Å². The van der Waals surface area contributed by atoms with E-state index in [1.165, 1.54) is 23.9 Å². The van der Waals surface area contributed by atoms with Crippen molar-refractivity contribution < 1.29 is 33.6 Å². The summed E-state index contributed by atoms with van der Waals surface area (Å²) in [6.07, 6.45) is 7.00.